The fraction of sp³-hybridized carbons (Fsp3) is 0.286. The van der Waals surface area contributed by atoms with Gasteiger partial charge in [0.05, 0.1) is 7.11 Å². The molecule has 2 aromatic rings. The average molecular weight is 261 g/mol. The van der Waals surface area contributed by atoms with Crippen LogP contribution in [0.25, 0.3) is 11.3 Å². The standard InChI is InChI=1S/C14H15NO4/c1-8(2)13-11(14(16)17)12(15-19-13)9-5-4-6-10(7-9)18-3/h4-8H,1-3H3,(H,16,17). The third-order valence-electron chi connectivity index (χ3n) is 2.80. The first-order valence-corrected chi connectivity index (χ1v) is 5.92. The third-order valence-corrected chi connectivity index (χ3v) is 2.80. The Balaban J connectivity index is 2.58. The zero-order valence-electron chi connectivity index (χ0n) is 11.0. The topological polar surface area (TPSA) is 72.6 Å². The van der Waals surface area contributed by atoms with Crippen LogP contribution in [0.5, 0.6) is 5.75 Å². The van der Waals surface area contributed by atoms with Crippen molar-refractivity contribution in [3.05, 3.63) is 35.6 Å². The van der Waals surface area contributed by atoms with Gasteiger partial charge in [0.1, 0.15) is 17.0 Å². The normalized spacial score (nSPS) is 10.7. The summed E-state index contributed by atoms with van der Waals surface area (Å²) in [6, 6.07) is 7.07. The maximum absolute atomic E-state index is 11.4. The Morgan fingerprint density at radius 3 is 2.74 bits per heavy atom. The van der Waals surface area contributed by atoms with Crippen molar-refractivity contribution in [1.82, 2.24) is 5.16 Å². The van der Waals surface area contributed by atoms with E-state index in [1.54, 1.807) is 31.4 Å². The summed E-state index contributed by atoms with van der Waals surface area (Å²) < 4.78 is 10.3. The number of methoxy groups -OCH3 is 1. The number of rotatable bonds is 4. The third kappa shape index (κ3) is 2.45. The molecule has 1 heterocycles. The molecule has 100 valence electrons. The maximum atomic E-state index is 11.4. The van der Waals surface area contributed by atoms with Gasteiger partial charge in [0.2, 0.25) is 0 Å². The Morgan fingerprint density at radius 2 is 2.16 bits per heavy atom. The van der Waals surface area contributed by atoms with E-state index in [-0.39, 0.29) is 11.5 Å². The van der Waals surface area contributed by atoms with Crippen molar-refractivity contribution in [3.63, 3.8) is 0 Å². The van der Waals surface area contributed by atoms with Crippen LogP contribution in [0.4, 0.5) is 0 Å². The predicted molar refractivity (Wildman–Crippen MR) is 69.5 cm³/mol. The van der Waals surface area contributed by atoms with Crippen LogP contribution in [-0.2, 0) is 0 Å². The van der Waals surface area contributed by atoms with Crippen molar-refractivity contribution in [2.45, 2.75) is 19.8 Å². The van der Waals surface area contributed by atoms with Gasteiger partial charge < -0.3 is 14.4 Å². The molecule has 0 saturated heterocycles. The van der Waals surface area contributed by atoms with Gasteiger partial charge in [-0.2, -0.15) is 0 Å². The summed E-state index contributed by atoms with van der Waals surface area (Å²) in [6.45, 7) is 3.73. The molecule has 0 fully saturated rings. The quantitative estimate of drug-likeness (QED) is 0.915. The van der Waals surface area contributed by atoms with E-state index in [4.69, 9.17) is 9.26 Å². The molecule has 0 unspecified atom stereocenters. The molecule has 0 radical (unpaired) electrons. The van der Waals surface area contributed by atoms with E-state index in [1.807, 2.05) is 13.8 Å². The van der Waals surface area contributed by atoms with Gasteiger partial charge in [-0.05, 0) is 12.1 Å². The first kappa shape index (κ1) is 13.1. The van der Waals surface area contributed by atoms with Crippen LogP contribution in [0.1, 0.15) is 35.9 Å². The number of carboxylic acids is 1. The van der Waals surface area contributed by atoms with Crippen LogP contribution in [0.3, 0.4) is 0 Å². The van der Waals surface area contributed by atoms with Crippen LogP contribution in [-0.4, -0.2) is 23.3 Å². The van der Waals surface area contributed by atoms with E-state index < -0.39 is 5.97 Å². The largest absolute Gasteiger partial charge is 0.497 e. The molecule has 19 heavy (non-hydrogen) atoms. The van der Waals surface area contributed by atoms with Gasteiger partial charge >= 0.3 is 5.97 Å². The van der Waals surface area contributed by atoms with Gasteiger partial charge in [0, 0.05) is 11.5 Å². The molecular formula is C14H15NO4. The minimum absolute atomic E-state index is 0.0436. The first-order chi connectivity index (χ1) is 9.04. The zero-order valence-corrected chi connectivity index (χ0v) is 11.0. The highest BCUT2D eigenvalue weighted by molar-refractivity contribution is 5.96. The van der Waals surface area contributed by atoms with Crippen LogP contribution in [0, 0.1) is 0 Å². The summed E-state index contributed by atoms with van der Waals surface area (Å²) >= 11 is 0. The van der Waals surface area contributed by atoms with E-state index in [0.717, 1.165) is 0 Å². The highest BCUT2D eigenvalue weighted by Crippen LogP contribution is 2.31. The Hall–Kier alpha value is -2.30. The summed E-state index contributed by atoms with van der Waals surface area (Å²) in [5, 5.41) is 13.2. The molecule has 0 aliphatic heterocycles. The van der Waals surface area contributed by atoms with Gasteiger partial charge in [0.25, 0.3) is 0 Å². The number of benzene rings is 1. The summed E-state index contributed by atoms with van der Waals surface area (Å²) in [7, 11) is 1.56. The molecule has 0 aliphatic carbocycles. The molecular weight excluding hydrogens is 246 g/mol. The van der Waals surface area contributed by atoms with Crippen molar-refractivity contribution in [3.8, 4) is 17.0 Å². The number of ether oxygens (including phenoxy) is 1. The van der Waals surface area contributed by atoms with E-state index in [9.17, 15) is 9.90 Å². The van der Waals surface area contributed by atoms with E-state index in [2.05, 4.69) is 5.16 Å². The van der Waals surface area contributed by atoms with Crippen LogP contribution >= 0.6 is 0 Å². The fourth-order valence-electron chi connectivity index (χ4n) is 1.87. The van der Waals surface area contributed by atoms with Crippen LogP contribution in [0.2, 0.25) is 0 Å². The molecule has 5 nitrogen and oxygen atoms in total. The number of carboxylic acid groups (broad SMARTS) is 1. The lowest BCUT2D eigenvalue weighted by molar-refractivity contribution is 0.0694. The number of hydrogen-bond acceptors (Lipinski definition) is 4. The van der Waals surface area contributed by atoms with Gasteiger partial charge in [-0.1, -0.05) is 31.1 Å². The molecule has 1 aromatic heterocycles. The molecule has 0 amide bonds. The first-order valence-electron chi connectivity index (χ1n) is 5.92. The Labute approximate surface area is 110 Å². The van der Waals surface area contributed by atoms with Crippen LogP contribution < -0.4 is 4.74 Å². The van der Waals surface area contributed by atoms with Crippen LogP contribution in [0.15, 0.2) is 28.8 Å². The molecule has 2 rings (SSSR count). The highest BCUT2D eigenvalue weighted by atomic mass is 16.5. The molecule has 1 N–H and O–H groups in total. The predicted octanol–water partition coefficient (Wildman–Crippen LogP) is 3.17. The summed E-state index contributed by atoms with van der Waals surface area (Å²) in [5.41, 5.74) is 1.10. The second kappa shape index (κ2) is 5.14. The lowest BCUT2D eigenvalue weighted by Crippen LogP contribution is -2.02. The smallest absolute Gasteiger partial charge is 0.341 e. The number of nitrogens with zero attached hydrogens (tertiary/aromatic N) is 1. The summed E-state index contributed by atoms with van der Waals surface area (Å²) in [5.74, 6) is -0.0611. The molecule has 1 aromatic carbocycles. The number of hydrogen-bond donors (Lipinski definition) is 1. The maximum Gasteiger partial charge on any atom is 0.341 e. The average Bonchev–Trinajstić information content (AvgIpc) is 2.83. The van der Waals surface area contributed by atoms with Gasteiger partial charge in [0.15, 0.2) is 5.76 Å². The minimum Gasteiger partial charge on any atom is -0.497 e. The van der Waals surface area contributed by atoms with Gasteiger partial charge in [-0.3, -0.25) is 0 Å². The highest BCUT2D eigenvalue weighted by Gasteiger charge is 2.25. The second-order valence-corrected chi connectivity index (χ2v) is 4.46. The minimum atomic E-state index is -1.04. The molecule has 5 heteroatoms. The van der Waals surface area contributed by atoms with Crippen molar-refractivity contribution in [1.29, 1.82) is 0 Å². The van der Waals surface area contributed by atoms with E-state index in [0.29, 0.717) is 22.8 Å². The molecule has 0 aliphatic rings. The zero-order chi connectivity index (χ0) is 14.0. The lowest BCUT2D eigenvalue weighted by atomic mass is 10.0. The molecule has 0 bridgehead atoms. The van der Waals surface area contributed by atoms with Crippen molar-refractivity contribution in [2.24, 2.45) is 0 Å². The number of aromatic nitrogens is 1. The van der Waals surface area contributed by atoms with Gasteiger partial charge in [-0.15, -0.1) is 0 Å². The SMILES string of the molecule is COc1cccc(-c2noc(C(C)C)c2C(=O)O)c1. The summed E-state index contributed by atoms with van der Waals surface area (Å²) in [4.78, 5) is 11.4. The summed E-state index contributed by atoms with van der Waals surface area (Å²) in [6.07, 6.45) is 0. The Morgan fingerprint density at radius 1 is 1.42 bits per heavy atom. The van der Waals surface area contributed by atoms with Crippen molar-refractivity contribution in [2.75, 3.05) is 7.11 Å². The monoisotopic (exact) mass is 261 g/mol. The second-order valence-electron chi connectivity index (χ2n) is 4.46. The number of carbonyl (C=O) groups is 1. The molecule has 0 atom stereocenters. The lowest BCUT2D eigenvalue weighted by Gasteiger charge is -2.03. The van der Waals surface area contributed by atoms with Crippen molar-refractivity contribution < 1.29 is 19.2 Å². The fourth-order valence-corrected chi connectivity index (χ4v) is 1.87. The van der Waals surface area contributed by atoms with Crippen molar-refractivity contribution >= 4 is 5.97 Å². The molecule has 0 spiro atoms. The number of aromatic carboxylic acids is 1. The van der Waals surface area contributed by atoms with E-state index in [1.165, 1.54) is 0 Å². The van der Waals surface area contributed by atoms with Gasteiger partial charge in [-0.25, -0.2) is 4.79 Å². The van der Waals surface area contributed by atoms with E-state index >= 15 is 0 Å². The molecule has 0 saturated carbocycles. The Kier molecular flexibility index (Phi) is 3.55. The Bertz CT molecular complexity index is 601.